The zero-order valence-corrected chi connectivity index (χ0v) is 17.7. The van der Waals surface area contributed by atoms with Crippen molar-refractivity contribution in [1.82, 2.24) is 14.9 Å². The van der Waals surface area contributed by atoms with E-state index < -0.39 is 5.97 Å². The van der Waals surface area contributed by atoms with E-state index in [4.69, 9.17) is 9.47 Å². The summed E-state index contributed by atoms with van der Waals surface area (Å²) in [6.45, 7) is 4.70. The molecule has 0 aliphatic carbocycles. The summed E-state index contributed by atoms with van der Waals surface area (Å²) in [4.78, 5) is 34.1. The van der Waals surface area contributed by atoms with Crippen molar-refractivity contribution >= 4 is 11.9 Å². The van der Waals surface area contributed by atoms with E-state index >= 15 is 0 Å². The Morgan fingerprint density at radius 3 is 2.32 bits per heavy atom. The highest BCUT2D eigenvalue weighted by Crippen LogP contribution is 2.15. The number of aromatic nitrogens is 2. The normalized spacial score (nSPS) is 10.4. The van der Waals surface area contributed by atoms with Crippen LogP contribution in [0.1, 0.15) is 34.2 Å². The summed E-state index contributed by atoms with van der Waals surface area (Å²) < 4.78 is 10.9. The second-order valence-electron chi connectivity index (χ2n) is 6.95. The topological polar surface area (TPSA) is 81.6 Å². The van der Waals surface area contributed by atoms with Crippen molar-refractivity contribution in [3.05, 3.63) is 89.5 Å². The zero-order chi connectivity index (χ0) is 22.1. The maximum atomic E-state index is 12.5. The Morgan fingerprint density at radius 2 is 1.68 bits per heavy atom. The van der Waals surface area contributed by atoms with E-state index in [2.05, 4.69) is 9.97 Å². The number of carbonyl (C=O) groups is 2. The van der Waals surface area contributed by atoms with Crippen LogP contribution in [0.4, 0.5) is 0 Å². The third-order valence-corrected chi connectivity index (χ3v) is 4.60. The first-order chi connectivity index (χ1) is 15.0. The molecule has 3 aromatic rings. The van der Waals surface area contributed by atoms with E-state index in [1.807, 2.05) is 61.5 Å². The van der Waals surface area contributed by atoms with E-state index in [-0.39, 0.29) is 18.2 Å². The fraction of sp³-hybridized carbons (Fsp3) is 0.250. The van der Waals surface area contributed by atoms with Gasteiger partial charge < -0.3 is 14.4 Å². The van der Waals surface area contributed by atoms with Crippen molar-refractivity contribution in [2.75, 3.05) is 13.2 Å². The number of esters is 1. The monoisotopic (exact) mass is 419 g/mol. The average Bonchev–Trinajstić information content (AvgIpc) is 2.81. The highest BCUT2D eigenvalue weighted by Gasteiger charge is 2.16. The molecular formula is C24H25N3O4. The van der Waals surface area contributed by atoms with Crippen molar-refractivity contribution in [2.45, 2.75) is 27.0 Å². The minimum absolute atomic E-state index is 0.0764. The van der Waals surface area contributed by atoms with E-state index in [9.17, 15) is 9.59 Å². The first-order valence-corrected chi connectivity index (χ1v) is 10.0. The summed E-state index contributed by atoms with van der Waals surface area (Å²) in [5.74, 6) is -0.188. The first kappa shape index (κ1) is 22.0. The zero-order valence-electron chi connectivity index (χ0n) is 17.7. The minimum atomic E-state index is -0.670. The smallest absolute Gasteiger partial charge is 0.359 e. The van der Waals surface area contributed by atoms with Crippen molar-refractivity contribution < 1.29 is 19.1 Å². The molecular weight excluding hydrogens is 394 g/mol. The molecule has 3 rings (SSSR count). The number of carbonyl (C=O) groups excluding carboxylic acids is 2. The van der Waals surface area contributed by atoms with Gasteiger partial charge in [0.1, 0.15) is 12.4 Å². The summed E-state index contributed by atoms with van der Waals surface area (Å²) in [6, 6.07) is 17.5. The summed E-state index contributed by atoms with van der Waals surface area (Å²) in [5, 5.41) is 0. The number of amides is 1. The Bertz CT molecular complexity index is 990. The first-order valence-electron chi connectivity index (χ1n) is 10.0. The molecule has 0 bridgehead atoms. The molecule has 0 unspecified atom stereocenters. The van der Waals surface area contributed by atoms with Crippen LogP contribution in [0.15, 0.2) is 67.0 Å². The van der Waals surface area contributed by atoms with Crippen LogP contribution in [-0.2, 0) is 22.7 Å². The number of ether oxygens (including phenoxy) is 2. The number of likely N-dealkylation sites (N-methyl/N-ethyl adjacent to an activating group) is 1. The van der Waals surface area contributed by atoms with E-state index in [0.29, 0.717) is 25.4 Å². The van der Waals surface area contributed by atoms with Gasteiger partial charge in [-0.2, -0.15) is 0 Å². The molecule has 1 aromatic heterocycles. The van der Waals surface area contributed by atoms with E-state index in [0.717, 1.165) is 16.9 Å². The number of aryl methyl sites for hydroxylation is 1. The standard InChI is InChI=1S/C24H25N3O4/c1-3-27(23(28)17-31-24(29)22-14-25-18(2)13-26-22)15-19-9-11-21(12-10-19)30-16-20-7-5-4-6-8-20/h4-14H,3,15-17H2,1-2H3. The molecule has 0 atom stereocenters. The fourth-order valence-electron chi connectivity index (χ4n) is 2.82. The van der Waals surface area contributed by atoms with Crippen LogP contribution in [0.5, 0.6) is 5.75 Å². The highest BCUT2D eigenvalue weighted by molar-refractivity contribution is 5.89. The van der Waals surface area contributed by atoms with Gasteiger partial charge in [-0.1, -0.05) is 42.5 Å². The minimum Gasteiger partial charge on any atom is -0.489 e. The number of benzene rings is 2. The molecule has 0 radical (unpaired) electrons. The number of nitrogens with zero attached hydrogens (tertiary/aromatic N) is 3. The Morgan fingerprint density at radius 1 is 0.935 bits per heavy atom. The molecule has 0 saturated carbocycles. The molecule has 1 heterocycles. The van der Waals surface area contributed by atoms with Crippen LogP contribution >= 0.6 is 0 Å². The van der Waals surface area contributed by atoms with Gasteiger partial charge in [0, 0.05) is 19.3 Å². The molecule has 7 nitrogen and oxygen atoms in total. The van der Waals surface area contributed by atoms with Crippen molar-refractivity contribution in [3.8, 4) is 5.75 Å². The lowest BCUT2D eigenvalue weighted by molar-refractivity contribution is -0.134. The summed E-state index contributed by atoms with van der Waals surface area (Å²) in [7, 11) is 0. The van der Waals surface area contributed by atoms with Gasteiger partial charge in [0.15, 0.2) is 12.3 Å². The summed E-state index contributed by atoms with van der Waals surface area (Å²) in [5.41, 5.74) is 2.83. The molecule has 2 aromatic carbocycles. The molecule has 0 aliphatic heterocycles. The molecule has 31 heavy (non-hydrogen) atoms. The Labute approximate surface area is 181 Å². The van der Waals surface area contributed by atoms with Gasteiger partial charge in [0.2, 0.25) is 0 Å². The van der Waals surface area contributed by atoms with E-state index in [1.54, 1.807) is 11.8 Å². The van der Waals surface area contributed by atoms with Crippen LogP contribution in [0, 0.1) is 6.92 Å². The van der Waals surface area contributed by atoms with Gasteiger partial charge in [0.05, 0.1) is 11.9 Å². The van der Waals surface area contributed by atoms with Crippen LogP contribution in [0.25, 0.3) is 0 Å². The third-order valence-electron chi connectivity index (χ3n) is 4.60. The Balaban J connectivity index is 1.49. The van der Waals surface area contributed by atoms with Gasteiger partial charge in [-0.05, 0) is 37.1 Å². The van der Waals surface area contributed by atoms with Crippen LogP contribution < -0.4 is 4.74 Å². The molecule has 160 valence electrons. The van der Waals surface area contributed by atoms with Crippen LogP contribution in [-0.4, -0.2) is 39.9 Å². The van der Waals surface area contributed by atoms with Gasteiger partial charge in [-0.25, -0.2) is 9.78 Å². The number of hydrogen-bond donors (Lipinski definition) is 0. The second kappa shape index (κ2) is 10.9. The maximum Gasteiger partial charge on any atom is 0.359 e. The molecule has 0 fully saturated rings. The average molecular weight is 419 g/mol. The lowest BCUT2D eigenvalue weighted by Gasteiger charge is -2.21. The van der Waals surface area contributed by atoms with Crippen LogP contribution in [0.2, 0.25) is 0 Å². The number of hydrogen-bond acceptors (Lipinski definition) is 6. The van der Waals surface area contributed by atoms with Crippen molar-refractivity contribution in [1.29, 1.82) is 0 Å². The summed E-state index contributed by atoms with van der Waals surface area (Å²) >= 11 is 0. The molecule has 0 aliphatic rings. The lowest BCUT2D eigenvalue weighted by Crippen LogP contribution is -2.34. The van der Waals surface area contributed by atoms with Crippen LogP contribution in [0.3, 0.4) is 0 Å². The summed E-state index contributed by atoms with van der Waals surface area (Å²) in [6.07, 6.45) is 2.81. The quantitative estimate of drug-likeness (QED) is 0.493. The van der Waals surface area contributed by atoms with Gasteiger partial charge in [-0.3, -0.25) is 9.78 Å². The lowest BCUT2D eigenvalue weighted by atomic mass is 10.2. The molecule has 1 amide bonds. The second-order valence-corrected chi connectivity index (χ2v) is 6.95. The number of rotatable bonds is 9. The highest BCUT2D eigenvalue weighted by atomic mass is 16.5. The van der Waals surface area contributed by atoms with Gasteiger partial charge >= 0.3 is 5.97 Å². The fourth-order valence-corrected chi connectivity index (χ4v) is 2.82. The SMILES string of the molecule is CCN(Cc1ccc(OCc2ccccc2)cc1)C(=O)COC(=O)c1cnc(C)cn1. The predicted octanol–water partition coefficient (Wildman–Crippen LogP) is 3.57. The van der Waals surface area contributed by atoms with Crippen molar-refractivity contribution in [3.63, 3.8) is 0 Å². The third kappa shape index (κ3) is 6.64. The van der Waals surface area contributed by atoms with Crippen molar-refractivity contribution in [2.24, 2.45) is 0 Å². The molecule has 0 saturated heterocycles. The molecule has 0 N–H and O–H groups in total. The predicted molar refractivity (Wildman–Crippen MR) is 115 cm³/mol. The maximum absolute atomic E-state index is 12.5. The molecule has 0 spiro atoms. The largest absolute Gasteiger partial charge is 0.489 e. The Kier molecular flexibility index (Phi) is 7.70. The van der Waals surface area contributed by atoms with Gasteiger partial charge in [0.25, 0.3) is 5.91 Å². The van der Waals surface area contributed by atoms with E-state index in [1.165, 1.54) is 12.4 Å². The van der Waals surface area contributed by atoms with Gasteiger partial charge in [-0.15, -0.1) is 0 Å². The molecule has 7 heteroatoms. The Hall–Kier alpha value is -3.74.